The third-order valence-corrected chi connectivity index (χ3v) is 6.68. The highest BCUT2D eigenvalue weighted by molar-refractivity contribution is 7.80. The minimum Gasteiger partial charge on any atom is -0.342 e. The van der Waals surface area contributed by atoms with Gasteiger partial charge in [-0.05, 0) is 60.1 Å². The van der Waals surface area contributed by atoms with E-state index in [1.807, 2.05) is 49.5 Å². The van der Waals surface area contributed by atoms with Crippen LogP contribution in [0.1, 0.15) is 23.6 Å². The van der Waals surface area contributed by atoms with Gasteiger partial charge < -0.3 is 9.47 Å². The Morgan fingerprint density at radius 1 is 0.971 bits per heavy atom. The van der Waals surface area contributed by atoms with Crippen LogP contribution in [0.25, 0.3) is 17.0 Å². The SMILES string of the molecule is CCc1cccc2c(/C=C3/C(=O)N(c4ccccc4)C(=S)N3C)cn(Cc3ccc(F)cc3)c12. The topological polar surface area (TPSA) is 28.5 Å². The zero-order valence-corrected chi connectivity index (χ0v) is 19.8. The highest BCUT2D eigenvalue weighted by Gasteiger charge is 2.36. The number of amides is 1. The Labute approximate surface area is 203 Å². The lowest BCUT2D eigenvalue weighted by atomic mass is 10.1. The number of rotatable bonds is 5. The van der Waals surface area contributed by atoms with Gasteiger partial charge in [-0.3, -0.25) is 9.69 Å². The molecule has 1 amide bonds. The van der Waals surface area contributed by atoms with Gasteiger partial charge in [0.05, 0.1) is 11.2 Å². The van der Waals surface area contributed by atoms with E-state index in [4.69, 9.17) is 12.2 Å². The number of hydrogen-bond donors (Lipinski definition) is 0. The Bertz CT molecular complexity index is 1420. The predicted octanol–water partition coefficient (Wildman–Crippen LogP) is 6.00. The molecule has 4 nitrogen and oxygen atoms in total. The number of carbonyl (C=O) groups is 1. The van der Waals surface area contributed by atoms with Crippen LogP contribution in [0.2, 0.25) is 0 Å². The van der Waals surface area contributed by atoms with Crippen LogP contribution >= 0.6 is 12.2 Å². The van der Waals surface area contributed by atoms with Crippen LogP contribution < -0.4 is 4.90 Å². The fraction of sp³-hybridized carbons (Fsp3) is 0.143. The minimum atomic E-state index is -0.248. The number of halogens is 1. The number of aryl methyl sites for hydroxylation is 1. The monoisotopic (exact) mass is 469 g/mol. The van der Waals surface area contributed by atoms with Crippen LogP contribution in [-0.2, 0) is 17.8 Å². The molecule has 34 heavy (non-hydrogen) atoms. The average Bonchev–Trinajstić information content (AvgIpc) is 3.30. The van der Waals surface area contributed by atoms with E-state index in [2.05, 4.69) is 29.8 Å². The van der Waals surface area contributed by atoms with Crippen LogP contribution in [-0.4, -0.2) is 27.5 Å². The van der Waals surface area contributed by atoms with Crippen molar-refractivity contribution in [2.24, 2.45) is 0 Å². The van der Waals surface area contributed by atoms with Crippen LogP contribution in [0.15, 0.2) is 84.7 Å². The van der Waals surface area contributed by atoms with E-state index in [1.165, 1.54) is 17.7 Å². The van der Waals surface area contributed by atoms with Crippen LogP contribution in [0.4, 0.5) is 10.1 Å². The third kappa shape index (κ3) is 3.80. The maximum Gasteiger partial charge on any atom is 0.281 e. The van der Waals surface area contributed by atoms with Gasteiger partial charge in [0, 0.05) is 30.7 Å². The number of aromatic nitrogens is 1. The van der Waals surface area contributed by atoms with Gasteiger partial charge in [0.2, 0.25) is 0 Å². The van der Waals surface area contributed by atoms with Gasteiger partial charge in [0.1, 0.15) is 11.5 Å². The first-order chi connectivity index (χ1) is 16.5. The van der Waals surface area contributed by atoms with Gasteiger partial charge in [0.25, 0.3) is 5.91 Å². The zero-order valence-electron chi connectivity index (χ0n) is 19.0. The van der Waals surface area contributed by atoms with Crippen molar-refractivity contribution in [3.05, 3.63) is 107 Å². The molecule has 0 unspecified atom stereocenters. The molecule has 1 aromatic heterocycles. The van der Waals surface area contributed by atoms with Crippen molar-refractivity contribution in [2.75, 3.05) is 11.9 Å². The molecule has 0 N–H and O–H groups in total. The lowest BCUT2D eigenvalue weighted by molar-refractivity contribution is -0.114. The first-order valence-corrected chi connectivity index (χ1v) is 11.6. The second-order valence-corrected chi connectivity index (χ2v) is 8.72. The smallest absolute Gasteiger partial charge is 0.281 e. The van der Waals surface area contributed by atoms with E-state index in [-0.39, 0.29) is 11.7 Å². The number of likely N-dealkylation sites (N-methyl/N-ethyl adjacent to an activating group) is 1. The van der Waals surface area contributed by atoms with Crippen LogP contribution in [0, 0.1) is 5.82 Å². The van der Waals surface area contributed by atoms with Crippen LogP contribution in [0.3, 0.4) is 0 Å². The summed E-state index contributed by atoms with van der Waals surface area (Å²) in [6.07, 6.45) is 4.86. The number of carbonyl (C=O) groups excluding carboxylic acids is 1. The summed E-state index contributed by atoms with van der Waals surface area (Å²) in [6.45, 7) is 2.74. The Kier molecular flexibility index (Phi) is 5.75. The fourth-order valence-electron chi connectivity index (χ4n) is 4.49. The molecule has 2 heterocycles. The number of anilines is 1. The van der Waals surface area contributed by atoms with Crippen molar-refractivity contribution in [1.82, 2.24) is 9.47 Å². The van der Waals surface area contributed by atoms with Crippen LogP contribution in [0.5, 0.6) is 0 Å². The summed E-state index contributed by atoms with van der Waals surface area (Å²) in [5, 5.41) is 1.52. The minimum absolute atomic E-state index is 0.148. The maximum absolute atomic E-state index is 13.4. The summed E-state index contributed by atoms with van der Waals surface area (Å²) >= 11 is 5.61. The van der Waals surface area contributed by atoms with E-state index in [0.717, 1.165) is 34.1 Å². The summed E-state index contributed by atoms with van der Waals surface area (Å²) in [5.74, 6) is -0.396. The van der Waals surface area contributed by atoms with Gasteiger partial charge in [-0.2, -0.15) is 0 Å². The van der Waals surface area contributed by atoms with E-state index >= 15 is 0 Å². The molecule has 6 heteroatoms. The second kappa shape index (κ2) is 8.88. The summed E-state index contributed by atoms with van der Waals surface area (Å²) in [4.78, 5) is 16.7. The average molecular weight is 470 g/mol. The van der Waals surface area contributed by atoms with E-state index < -0.39 is 0 Å². The number of thiocarbonyl (C=S) groups is 1. The lowest BCUT2D eigenvalue weighted by Crippen LogP contribution is -2.30. The second-order valence-electron chi connectivity index (χ2n) is 8.35. The number of benzene rings is 3. The molecule has 0 spiro atoms. The lowest BCUT2D eigenvalue weighted by Gasteiger charge is -2.16. The van der Waals surface area contributed by atoms with Crippen molar-refractivity contribution in [2.45, 2.75) is 19.9 Å². The quantitative estimate of drug-likeness (QED) is 0.265. The van der Waals surface area contributed by atoms with Gasteiger partial charge in [-0.15, -0.1) is 0 Å². The molecule has 1 saturated heterocycles. The molecule has 5 rings (SSSR count). The molecule has 1 fully saturated rings. The normalized spacial score (nSPS) is 15.2. The molecular weight excluding hydrogens is 445 g/mol. The molecule has 1 aliphatic heterocycles. The van der Waals surface area contributed by atoms with Crippen molar-refractivity contribution in [3.63, 3.8) is 0 Å². The van der Waals surface area contributed by atoms with Crippen molar-refractivity contribution in [1.29, 1.82) is 0 Å². The molecule has 0 atom stereocenters. The molecule has 0 radical (unpaired) electrons. The number of fused-ring (bicyclic) bond motifs is 1. The summed E-state index contributed by atoms with van der Waals surface area (Å²) in [6, 6.07) is 22.3. The van der Waals surface area contributed by atoms with Gasteiger partial charge >= 0.3 is 0 Å². The van der Waals surface area contributed by atoms with Crippen molar-refractivity contribution in [3.8, 4) is 0 Å². The fourth-order valence-corrected chi connectivity index (χ4v) is 4.77. The molecule has 0 bridgehead atoms. The standard InChI is InChI=1S/C28H24FN3OS/c1-3-20-8-7-11-24-21(18-31(26(20)24)17-19-12-14-22(29)15-13-19)16-25-27(33)32(28(34)30(25)2)23-9-5-4-6-10-23/h4-16,18H,3,17H2,1-2H3/b25-16-. The molecule has 4 aromatic rings. The molecule has 0 aliphatic carbocycles. The largest absolute Gasteiger partial charge is 0.342 e. The van der Waals surface area contributed by atoms with Gasteiger partial charge in [-0.1, -0.05) is 55.5 Å². The highest BCUT2D eigenvalue weighted by atomic mass is 32.1. The summed E-state index contributed by atoms with van der Waals surface area (Å²) in [7, 11) is 1.82. The molecule has 3 aromatic carbocycles. The summed E-state index contributed by atoms with van der Waals surface area (Å²) < 4.78 is 15.6. The third-order valence-electron chi connectivity index (χ3n) is 6.23. The predicted molar refractivity (Wildman–Crippen MR) is 139 cm³/mol. The Balaban J connectivity index is 1.61. The van der Waals surface area contributed by atoms with E-state index in [0.29, 0.717) is 17.4 Å². The van der Waals surface area contributed by atoms with Gasteiger partial charge in [0.15, 0.2) is 5.11 Å². The Morgan fingerprint density at radius 2 is 1.71 bits per heavy atom. The molecule has 0 saturated carbocycles. The highest BCUT2D eigenvalue weighted by Crippen LogP contribution is 2.32. The number of nitrogens with zero attached hydrogens (tertiary/aromatic N) is 3. The van der Waals surface area contributed by atoms with E-state index in [9.17, 15) is 9.18 Å². The Hall–Kier alpha value is -3.77. The molecule has 170 valence electrons. The van der Waals surface area contributed by atoms with Crippen molar-refractivity contribution >= 4 is 45.9 Å². The van der Waals surface area contributed by atoms with Crippen molar-refractivity contribution < 1.29 is 9.18 Å². The van der Waals surface area contributed by atoms with Gasteiger partial charge in [-0.25, -0.2) is 4.39 Å². The zero-order chi connectivity index (χ0) is 23.8. The Morgan fingerprint density at radius 3 is 2.41 bits per heavy atom. The maximum atomic E-state index is 13.4. The first-order valence-electron chi connectivity index (χ1n) is 11.2. The number of para-hydroxylation sites is 2. The van der Waals surface area contributed by atoms with E-state index in [1.54, 1.807) is 21.9 Å². The summed E-state index contributed by atoms with van der Waals surface area (Å²) in [5.41, 5.74) is 5.57. The number of hydrogen-bond acceptors (Lipinski definition) is 2. The first kappa shape index (κ1) is 22.0. The molecule has 1 aliphatic rings. The molecular formula is C28H24FN3OS.